The van der Waals surface area contributed by atoms with Gasteiger partial charge in [-0.1, -0.05) is 12.8 Å². The molecule has 0 spiro atoms. The van der Waals surface area contributed by atoms with Gasteiger partial charge in [0.05, 0.1) is 6.61 Å². The Morgan fingerprint density at radius 2 is 2.07 bits per heavy atom. The standard InChI is InChI=1S/C12H23NO/c1-14-9-12(11-6-7-11)13-8-2-3-10-4-5-10/h10-13H,2-9H2,1H3. The van der Waals surface area contributed by atoms with Gasteiger partial charge in [-0.3, -0.25) is 0 Å². The molecule has 1 N–H and O–H groups in total. The summed E-state index contributed by atoms with van der Waals surface area (Å²) >= 11 is 0. The molecule has 2 aliphatic rings. The summed E-state index contributed by atoms with van der Waals surface area (Å²) in [6.45, 7) is 2.09. The van der Waals surface area contributed by atoms with Crippen LogP contribution < -0.4 is 5.32 Å². The van der Waals surface area contributed by atoms with Gasteiger partial charge in [0.2, 0.25) is 0 Å². The van der Waals surface area contributed by atoms with Crippen LogP contribution in [0.25, 0.3) is 0 Å². The summed E-state index contributed by atoms with van der Waals surface area (Å²) in [5.41, 5.74) is 0. The Morgan fingerprint density at radius 3 is 2.64 bits per heavy atom. The van der Waals surface area contributed by atoms with E-state index in [-0.39, 0.29) is 0 Å². The smallest absolute Gasteiger partial charge is 0.0618 e. The highest BCUT2D eigenvalue weighted by Gasteiger charge is 2.30. The molecule has 0 aromatic rings. The first kappa shape index (κ1) is 10.4. The van der Waals surface area contributed by atoms with Crippen molar-refractivity contribution >= 4 is 0 Å². The summed E-state index contributed by atoms with van der Waals surface area (Å²) in [5.74, 6) is 1.99. The van der Waals surface area contributed by atoms with Crippen molar-refractivity contribution in [2.24, 2.45) is 11.8 Å². The second kappa shape index (κ2) is 5.13. The number of rotatable bonds is 8. The lowest BCUT2D eigenvalue weighted by atomic mass is 10.1. The normalized spacial score (nSPS) is 23.8. The highest BCUT2D eigenvalue weighted by atomic mass is 16.5. The molecular weight excluding hydrogens is 174 g/mol. The summed E-state index contributed by atoms with van der Waals surface area (Å²) in [6.07, 6.45) is 8.59. The van der Waals surface area contributed by atoms with Crippen molar-refractivity contribution in [3.8, 4) is 0 Å². The first-order valence-corrected chi connectivity index (χ1v) is 6.12. The predicted octanol–water partition coefficient (Wildman–Crippen LogP) is 2.19. The zero-order valence-electron chi connectivity index (χ0n) is 9.30. The zero-order valence-corrected chi connectivity index (χ0v) is 9.30. The molecule has 1 unspecified atom stereocenters. The number of ether oxygens (including phenoxy) is 1. The quantitative estimate of drug-likeness (QED) is 0.602. The van der Waals surface area contributed by atoms with E-state index < -0.39 is 0 Å². The minimum absolute atomic E-state index is 0.638. The van der Waals surface area contributed by atoms with Crippen LogP contribution >= 0.6 is 0 Å². The average molecular weight is 197 g/mol. The molecule has 1 atom stereocenters. The number of hydrogen-bond donors (Lipinski definition) is 1. The Hall–Kier alpha value is -0.0800. The molecule has 0 aliphatic heterocycles. The third kappa shape index (κ3) is 3.58. The molecule has 0 bridgehead atoms. The average Bonchev–Trinajstić information content (AvgIpc) is 3.03. The monoisotopic (exact) mass is 197 g/mol. The van der Waals surface area contributed by atoms with Crippen LogP contribution in [-0.4, -0.2) is 26.3 Å². The maximum absolute atomic E-state index is 5.23. The van der Waals surface area contributed by atoms with Gasteiger partial charge in [-0.2, -0.15) is 0 Å². The summed E-state index contributed by atoms with van der Waals surface area (Å²) in [7, 11) is 1.81. The molecule has 0 saturated heterocycles. The van der Waals surface area contributed by atoms with Crippen LogP contribution in [0.1, 0.15) is 38.5 Å². The lowest BCUT2D eigenvalue weighted by Gasteiger charge is -2.16. The van der Waals surface area contributed by atoms with Crippen molar-refractivity contribution < 1.29 is 4.74 Å². The van der Waals surface area contributed by atoms with E-state index in [0.29, 0.717) is 6.04 Å². The minimum atomic E-state index is 0.638. The predicted molar refractivity (Wildman–Crippen MR) is 58.3 cm³/mol. The van der Waals surface area contributed by atoms with E-state index in [9.17, 15) is 0 Å². The van der Waals surface area contributed by atoms with Gasteiger partial charge in [0.25, 0.3) is 0 Å². The molecule has 2 fully saturated rings. The van der Waals surface area contributed by atoms with Crippen molar-refractivity contribution in [3.05, 3.63) is 0 Å². The van der Waals surface area contributed by atoms with Gasteiger partial charge in [0.15, 0.2) is 0 Å². The molecule has 0 radical (unpaired) electrons. The number of hydrogen-bond acceptors (Lipinski definition) is 2. The topological polar surface area (TPSA) is 21.3 Å². The lowest BCUT2D eigenvalue weighted by molar-refractivity contribution is 0.157. The molecule has 0 aromatic heterocycles. The molecule has 2 heteroatoms. The molecule has 82 valence electrons. The molecule has 2 aliphatic carbocycles. The Bertz CT molecular complexity index is 164. The van der Waals surface area contributed by atoms with Gasteiger partial charge in [0, 0.05) is 13.2 Å². The fraction of sp³-hybridized carbons (Fsp3) is 1.00. The Kier molecular flexibility index (Phi) is 3.82. The van der Waals surface area contributed by atoms with Crippen molar-refractivity contribution in [1.82, 2.24) is 5.32 Å². The van der Waals surface area contributed by atoms with Gasteiger partial charge in [-0.15, -0.1) is 0 Å². The van der Waals surface area contributed by atoms with Gasteiger partial charge < -0.3 is 10.1 Å². The maximum Gasteiger partial charge on any atom is 0.0618 e. The largest absolute Gasteiger partial charge is 0.383 e. The van der Waals surface area contributed by atoms with E-state index in [0.717, 1.165) is 18.4 Å². The van der Waals surface area contributed by atoms with Gasteiger partial charge in [-0.25, -0.2) is 0 Å². The van der Waals surface area contributed by atoms with Crippen LogP contribution in [0.5, 0.6) is 0 Å². The molecule has 2 saturated carbocycles. The second-order valence-corrected chi connectivity index (χ2v) is 4.94. The Morgan fingerprint density at radius 1 is 1.29 bits per heavy atom. The fourth-order valence-corrected chi connectivity index (χ4v) is 2.12. The van der Waals surface area contributed by atoms with E-state index >= 15 is 0 Å². The Labute approximate surface area is 87.4 Å². The van der Waals surface area contributed by atoms with Crippen LogP contribution in [0.2, 0.25) is 0 Å². The van der Waals surface area contributed by atoms with Crippen LogP contribution in [0, 0.1) is 11.8 Å². The molecule has 0 aromatic carbocycles. The molecule has 14 heavy (non-hydrogen) atoms. The van der Waals surface area contributed by atoms with E-state index in [1.54, 1.807) is 7.11 Å². The SMILES string of the molecule is COCC(NCCCC1CC1)C1CC1. The zero-order chi connectivity index (χ0) is 9.80. The van der Waals surface area contributed by atoms with Crippen LogP contribution in [0.15, 0.2) is 0 Å². The van der Waals surface area contributed by atoms with E-state index in [1.807, 2.05) is 0 Å². The highest BCUT2D eigenvalue weighted by Crippen LogP contribution is 2.34. The van der Waals surface area contributed by atoms with E-state index in [4.69, 9.17) is 4.74 Å². The van der Waals surface area contributed by atoms with Crippen LogP contribution in [0.4, 0.5) is 0 Å². The summed E-state index contributed by atoms with van der Waals surface area (Å²) < 4.78 is 5.23. The maximum atomic E-state index is 5.23. The van der Waals surface area contributed by atoms with E-state index in [2.05, 4.69) is 5.32 Å². The van der Waals surface area contributed by atoms with Crippen LogP contribution in [-0.2, 0) is 4.74 Å². The Balaban J connectivity index is 1.51. The number of nitrogens with one attached hydrogen (secondary N) is 1. The molecule has 2 nitrogen and oxygen atoms in total. The van der Waals surface area contributed by atoms with E-state index in [1.165, 1.54) is 45.1 Å². The summed E-state index contributed by atoms with van der Waals surface area (Å²) in [4.78, 5) is 0. The first-order chi connectivity index (χ1) is 6.90. The van der Waals surface area contributed by atoms with Crippen molar-refractivity contribution in [3.63, 3.8) is 0 Å². The van der Waals surface area contributed by atoms with Crippen molar-refractivity contribution in [2.75, 3.05) is 20.3 Å². The summed E-state index contributed by atoms with van der Waals surface area (Å²) in [5, 5.41) is 3.64. The highest BCUT2D eigenvalue weighted by molar-refractivity contribution is 4.86. The second-order valence-electron chi connectivity index (χ2n) is 4.94. The third-order valence-corrected chi connectivity index (χ3v) is 3.43. The number of methoxy groups -OCH3 is 1. The minimum Gasteiger partial charge on any atom is -0.383 e. The van der Waals surface area contributed by atoms with Crippen LogP contribution in [0.3, 0.4) is 0 Å². The van der Waals surface area contributed by atoms with Gasteiger partial charge in [0.1, 0.15) is 0 Å². The lowest BCUT2D eigenvalue weighted by Crippen LogP contribution is -2.35. The molecule has 0 heterocycles. The van der Waals surface area contributed by atoms with Crippen molar-refractivity contribution in [1.29, 1.82) is 0 Å². The van der Waals surface area contributed by atoms with Gasteiger partial charge in [-0.05, 0) is 44.1 Å². The van der Waals surface area contributed by atoms with Gasteiger partial charge >= 0.3 is 0 Å². The summed E-state index contributed by atoms with van der Waals surface area (Å²) in [6, 6.07) is 0.638. The van der Waals surface area contributed by atoms with Crippen molar-refractivity contribution in [2.45, 2.75) is 44.6 Å². The molecular formula is C12H23NO. The third-order valence-electron chi connectivity index (χ3n) is 3.43. The molecule has 0 amide bonds. The first-order valence-electron chi connectivity index (χ1n) is 6.12. The fourth-order valence-electron chi connectivity index (χ4n) is 2.12. The molecule has 2 rings (SSSR count).